The van der Waals surface area contributed by atoms with E-state index in [1.807, 2.05) is 11.8 Å². The van der Waals surface area contributed by atoms with E-state index in [0.29, 0.717) is 10.9 Å². The van der Waals surface area contributed by atoms with E-state index in [2.05, 4.69) is 27.7 Å². The number of thioether (sulfide) groups is 1. The highest BCUT2D eigenvalue weighted by atomic mass is 32.2. The van der Waals surface area contributed by atoms with Crippen LogP contribution >= 0.6 is 11.8 Å². The van der Waals surface area contributed by atoms with Crippen LogP contribution in [0.2, 0.25) is 0 Å². The predicted molar refractivity (Wildman–Crippen MR) is 188 cm³/mol. The van der Waals surface area contributed by atoms with Gasteiger partial charge < -0.3 is 9.47 Å². The minimum Gasteiger partial charge on any atom is -0.368 e. The van der Waals surface area contributed by atoms with Crippen molar-refractivity contribution in [2.24, 2.45) is 0 Å². The van der Waals surface area contributed by atoms with E-state index in [-0.39, 0.29) is 0 Å². The van der Waals surface area contributed by atoms with Gasteiger partial charge in [-0.15, -0.1) is 0 Å². The predicted octanol–water partition coefficient (Wildman–Crippen LogP) is 14.2. The van der Waals surface area contributed by atoms with Crippen molar-refractivity contribution in [3.8, 4) is 0 Å². The van der Waals surface area contributed by atoms with Gasteiger partial charge in [-0.1, -0.05) is 206 Å². The maximum Gasteiger partial charge on any atom is 0.105 e. The first-order valence-corrected chi connectivity index (χ1v) is 20.1. The topological polar surface area (TPSA) is 18.5 Å². The largest absolute Gasteiger partial charge is 0.368 e. The average Bonchev–Trinajstić information content (AvgIpc) is 2.99. The quantitative estimate of drug-likeness (QED) is 0.0528. The van der Waals surface area contributed by atoms with Crippen LogP contribution in [0, 0.1) is 0 Å². The third kappa shape index (κ3) is 33.0. The van der Waals surface area contributed by atoms with Gasteiger partial charge in [0.2, 0.25) is 0 Å². The summed E-state index contributed by atoms with van der Waals surface area (Å²) in [6.45, 7) is 10.9. The zero-order chi connectivity index (χ0) is 29.9. The van der Waals surface area contributed by atoms with Crippen molar-refractivity contribution in [2.45, 2.75) is 231 Å². The second-order valence-electron chi connectivity index (χ2n) is 12.7. The molecule has 0 aliphatic rings. The fraction of sp³-hybridized carbons (Fsp3) is 1.00. The third-order valence-corrected chi connectivity index (χ3v) is 10.1. The maximum absolute atomic E-state index is 6.24. The summed E-state index contributed by atoms with van der Waals surface area (Å²) in [5, 5.41) is 0. The van der Waals surface area contributed by atoms with Crippen LogP contribution in [0.3, 0.4) is 0 Å². The van der Waals surface area contributed by atoms with Gasteiger partial charge in [0, 0.05) is 13.2 Å². The normalized spacial score (nSPS) is 13.2. The minimum absolute atomic E-state index is 0.290. The van der Waals surface area contributed by atoms with Crippen LogP contribution in [0.25, 0.3) is 0 Å². The molecule has 0 aromatic carbocycles. The van der Waals surface area contributed by atoms with Gasteiger partial charge in [-0.05, 0) is 25.7 Å². The van der Waals surface area contributed by atoms with Gasteiger partial charge in [0.25, 0.3) is 0 Å². The van der Waals surface area contributed by atoms with Crippen molar-refractivity contribution >= 4 is 11.8 Å². The first kappa shape index (κ1) is 41.3. The second-order valence-corrected chi connectivity index (χ2v) is 14.1. The Balaban J connectivity index is 3.50. The van der Waals surface area contributed by atoms with Crippen LogP contribution in [0.1, 0.15) is 220 Å². The van der Waals surface area contributed by atoms with Gasteiger partial charge in [0.05, 0.1) is 0 Å². The molecule has 0 fully saturated rings. The summed E-state index contributed by atoms with van der Waals surface area (Å²) in [7, 11) is 0. The first-order chi connectivity index (χ1) is 20.3. The SMILES string of the molecule is CCCCCCCCCCCCCCCCOC(CC)SC(CC)OCCCCCCCCCCCCCCCC. The van der Waals surface area contributed by atoms with Crippen molar-refractivity contribution in [3.05, 3.63) is 0 Å². The van der Waals surface area contributed by atoms with Gasteiger partial charge in [-0.25, -0.2) is 0 Å². The van der Waals surface area contributed by atoms with Crippen LogP contribution in [-0.4, -0.2) is 24.1 Å². The highest BCUT2D eigenvalue weighted by Crippen LogP contribution is 2.26. The van der Waals surface area contributed by atoms with Gasteiger partial charge in [0.1, 0.15) is 10.9 Å². The first-order valence-electron chi connectivity index (χ1n) is 19.2. The fourth-order valence-electron chi connectivity index (χ4n) is 5.70. The number of ether oxygens (including phenoxy) is 2. The van der Waals surface area contributed by atoms with Crippen LogP contribution in [0.5, 0.6) is 0 Å². The number of hydrogen-bond acceptors (Lipinski definition) is 3. The van der Waals surface area contributed by atoms with Crippen molar-refractivity contribution in [2.75, 3.05) is 13.2 Å². The number of rotatable bonds is 36. The molecule has 0 aromatic rings. The van der Waals surface area contributed by atoms with Crippen LogP contribution in [-0.2, 0) is 9.47 Å². The minimum atomic E-state index is 0.290. The molecular formula is C38H78O2S. The van der Waals surface area contributed by atoms with Gasteiger partial charge in [-0.3, -0.25) is 0 Å². The number of unbranched alkanes of at least 4 members (excludes halogenated alkanes) is 26. The van der Waals surface area contributed by atoms with Crippen molar-refractivity contribution in [1.82, 2.24) is 0 Å². The fourth-order valence-corrected chi connectivity index (χ4v) is 6.77. The monoisotopic (exact) mass is 599 g/mol. The molecule has 2 atom stereocenters. The van der Waals surface area contributed by atoms with E-state index in [9.17, 15) is 0 Å². The lowest BCUT2D eigenvalue weighted by molar-refractivity contribution is 0.0862. The molecule has 0 bridgehead atoms. The Bertz CT molecular complexity index is 418. The Hall–Kier alpha value is 0.270. The molecule has 41 heavy (non-hydrogen) atoms. The second kappa shape index (κ2) is 36.5. The van der Waals surface area contributed by atoms with E-state index < -0.39 is 0 Å². The van der Waals surface area contributed by atoms with Gasteiger partial charge in [0.15, 0.2) is 0 Å². The molecule has 0 amide bonds. The maximum atomic E-state index is 6.24. The highest BCUT2D eigenvalue weighted by molar-refractivity contribution is 8.00. The lowest BCUT2D eigenvalue weighted by Gasteiger charge is -2.22. The molecule has 0 saturated carbocycles. The Morgan fingerprint density at radius 2 is 0.537 bits per heavy atom. The molecule has 0 heterocycles. The molecule has 2 nitrogen and oxygen atoms in total. The molecule has 0 N–H and O–H groups in total. The van der Waals surface area contributed by atoms with E-state index in [0.717, 1.165) is 26.1 Å². The molecule has 0 radical (unpaired) electrons. The Morgan fingerprint density at radius 3 is 0.756 bits per heavy atom. The van der Waals surface area contributed by atoms with Gasteiger partial charge in [-0.2, -0.15) is 0 Å². The molecule has 3 heteroatoms. The van der Waals surface area contributed by atoms with Crippen LogP contribution in [0.15, 0.2) is 0 Å². The van der Waals surface area contributed by atoms with Crippen molar-refractivity contribution in [1.29, 1.82) is 0 Å². The summed E-state index contributed by atoms with van der Waals surface area (Å²) in [6.07, 6.45) is 41.6. The summed E-state index contributed by atoms with van der Waals surface area (Å²) in [5.41, 5.74) is 0.580. The Labute approximate surface area is 265 Å². The summed E-state index contributed by atoms with van der Waals surface area (Å²) < 4.78 is 12.5. The van der Waals surface area contributed by atoms with Gasteiger partial charge >= 0.3 is 0 Å². The molecule has 0 aliphatic carbocycles. The average molecular weight is 599 g/mol. The zero-order valence-corrected chi connectivity index (χ0v) is 29.8. The lowest BCUT2D eigenvalue weighted by Crippen LogP contribution is -2.17. The molecular weight excluding hydrogens is 520 g/mol. The molecule has 248 valence electrons. The third-order valence-electron chi connectivity index (χ3n) is 8.57. The van der Waals surface area contributed by atoms with Crippen LogP contribution < -0.4 is 0 Å². The van der Waals surface area contributed by atoms with Crippen molar-refractivity contribution in [3.63, 3.8) is 0 Å². The van der Waals surface area contributed by atoms with E-state index >= 15 is 0 Å². The lowest BCUT2D eigenvalue weighted by atomic mass is 10.0. The Morgan fingerprint density at radius 1 is 0.317 bits per heavy atom. The summed E-state index contributed by atoms with van der Waals surface area (Å²) in [5.74, 6) is 0. The highest BCUT2D eigenvalue weighted by Gasteiger charge is 2.15. The molecule has 0 saturated heterocycles. The molecule has 0 spiro atoms. The number of hydrogen-bond donors (Lipinski definition) is 0. The zero-order valence-electron chi connectivity index (χ0n) is 29.0. The summed E-state index contributed by atoms with van der Waals surface area (Å²) >= 11 is 1.92. The van der Waals surface area contributed by atoms with E-state index in [1.54, 1.807) is 0 Å². The van der Waals surface area contributed by atoms with E-state index in [4.69, 9.17) is 9.47 Å². The van der Waals surface area contributed by atoms with Crippen molar-refractivity contribution < 1.29 is 9.47 Å². The van der Waals surface area contributed by atoms with E-state index in [1.165, 1.54) is 180 Å². The molecule has 0 aliphatic heterocycles. The summed E-state index contributed by atoms with van der Waals surface area (Å²) in [4.78, 5) is 0. The molecule has 0 rings (SSSR count). The smallest absolute Gasteiger partial charge is 0.105 e. The van der Waals surface area contributed by atoms with Crippen LogP contribution in [0.4, 0.5) is 0 Å². The molecule has 2 unspecified atom stereocenters. The summed E-state index contributed by atoms with van der Waals surface area (Å²) in [6, 6.07) is 0. The standard InChI is InChI=1S/C38H78O2S/c1-5-9-11-13-15-17-19-21-23-25-27-29-31-33-35-39-37(7-3)41-38(8-4)40-36-34-32-30-28-26-24-22-20-18-16-14-12-10-6-2/h37-38H,5-36H2,1-4H3. The Kier molecular flexibility index (Phi) is 36.7. The molecule has 0 aromatic heterocycles.